The second-order valence-corrected chi connectivity index (χ2v) is 8.38. The first-order valence-electron chi connectivity index (χ1n) is 9.54. The van der Waals surface area contributed by atoms with Crippen LogP contribution in [0.4, 0.5) is 11.8 Å². The molecule has 2 aliphatic rings. The van der Waals surface area contributed by atoms with Crippen molar-refractivity contribution in [2.45, 2.75) is 33.6 Å². The van der Waals surface area contributed by atoms with Gasteiger partial charge in [0.2, 0.25) is 17.8 Å². The largest absolute Gasteiger partial charge is 0.353 e. The summed E-state index contributed by atoms with van der Waals surface area (Å²) in [6.07, 6.45) is 1.89. The molecule has 144 valence electrons. The van der Waals surface area contributed by atoms with Gasteiger partial charge in [0.25, 0.3) is 0 Å². The van der Waals surface area contributed by atoms with Gasteiger partial charge in [-0.15, -0.1) is 5.10 Å². The first-order chi connectivity index (χ1) is 12.8. The number of hydrogen-bond donors (Lipinski definition) is 1. The van der Waals surface area contributed by atoms with E-state index < -0.39 is 0 Å². The van der Waals surface area contributed by atoms with Crippen LogP contribution in [-0.4, -0.2) is 57.5 Å². The predicted molar refractivity (Wildman–Crippen MR) is 103 cm³/mol. The molecule has 1 N–H and O–H groups in total. The Hall–Kier alpha value is -2.64. The Morgan fingerprint density at radius 3 is 2.44 bits per heavy atom. The van der Waals surface area contributed by atoms with Gasteiger partial charge in [-0.25, -0.2) is 0 Å². The number of amides is 2. The van der Waals surface area contributed by atoms with Crippen LogP contribution in [0.2, 0.25) is 0 Å². The summed E-state index contributed by atoms with van der Waals surface area (Å²) in [4.78, 5) is 33.0. The normalized spacial score (nSPS) is 18.0. The zero-order chi connectivity index (χ0) is 19.2. The molecule has 1 saturated heterocycles. The van der Waals surface area contributed by atoms with E-state index in [9.17, 15) is 9.59 Å². The molecule has 2 amide bonds. The highest BCUT2D eigenvalue weighted by atomic mass is 16.2. The molecule has 0 aromatic carbocycles. The van der Waals surface area contributed by atoms with Crippen LogP contribution in [-0.2, 0) is 9.59 Å². The third-order valence-corrected chi connectivity index (χ3v) is 5.06. The van der Waals surface area contributed by atoms with Crippen LogP contribution in [0.1, 0.15) is 33.6 Å². The molecule has 2 aromatic heterocycles. The third-order valence-electron chi connectivity index (χ3n) is 5.06. The van der Waals surface area contributed by atoms with Gasteiger partial charge >= 0.3 is 0 Å². The van der Waals surface area contributed by atoms with Gasteiger partial charge in [-0.3, -0.25) is 14.9 Å². The number of hydrogen-bond acceptors (Lipinski definition) is 5. The summed E-state index contributed by atoms with van der Waals surface area (Å²) in [5, 5.41) is 7.29. The first-order valence-corrected chi connectivity index (χ1v) is 9.54. The van der Waals surface area contributed by atoms with Crippen molar-refractivity contribution in [2.24, 2.45) is 11.3 Å². The fourth-order valence-electron chi connectivity index (χ4n) is 3.35. The van der Waals surface area contributed by atoms with Crippen molar-refractivity contribution in [2.75, 3.05) is 36.4 Å². The van der Waals surface area contributed by atoms with Crippen molar-refractivity contribution >= 4 is 29.2 Å². The summed E-state index contributed by atoms with van der Waals surface area (Å²) < 4.78 is 1.77. The average molecular weight is 370 g/mol. The molecule has 0 radical (unpaired) electrons. The Morgan fingerprint density at radius 1 is 1.11 bits per heavy atom. The van der Waals surface area contributed by atoms with Crippen molar-refractivity contribution in [3.8, 4) is 0 Å². The van der Waals surface area contributed by atoms with Crippen LogP contribution < -0.4 is 10.2 Å². The lowest BCUT2D eigenvalue weighted by Gasteiger charge is -2.38. The highest BCUT2D eigenvalue weighted by Crippen LogP contribution is 2.30. The number of nitrogens with zero attached hydrogens (tertiary/aromatic N) is 5. The lowest BCUT2D eigenvalue weighted by Crippen LogP contribution is -2.52. The number of pyridine rings is 1. The number of piperazine rings is 1. The van der Waals surface area contributed by atoms with Gasteiger partial charge < -0.3 is 9.80 Å². The van der Waals surface area contributed by atoms with Crippen LogP contribution in [0, 0.1) is 11.3 Å². The number of nitrogens with one attached hydrogen (secondary N) is 1. The third kappa shape index (κ3) is 3.61. The van der Waals surface area contributed by atoms with E-state index in [1.807, 2.05) is 43.9 Å². The Kier molecular flexibility index (Phi) is 4.28. The highest BCUT2D eigenvalue weighted by molar-refractivity contribution is 5.92. The average Bonchev–Trinajstić information content (AvgIpc) is 3.40. The van der Waals surface area contributed by atoms with Gasteiger partial charge in [-0.1, -0.05) is 26.8 Å². The Labute approximate surface area is 158 Å². The van der Waals surface area contributed by atoms with E-state index in [0.29, 0.717) is 24.7 Å². The summed E-state index contributed by atoms with van der Waals surface area (Å²) in [5.41, 5.74) is 0.342. The van der Waals surface area contributed by atoms with Crippen molar-refractivity contribution in [1.82, 2.24) is 19.5 Å². The topological polar surface area (TPSA) is 82.8 Å². The molecule has 0 spiro atoms. The number of fused-ring (bicyclic) bond motifs is 1. The molecule has 0 unspecified atom stereocenters. The van der Waals surface area contributed by atoms with Crippen molar-refractivity contribution in [1.29, 1.82) is 0 Å². The van der Waals surface area contributed by atoms with Crippen LogP contribution in [0.25, 0.3) is 5.65 Å². The summed E-state index contributed by atoms with van der Waals surface area (Å²) >= 11 is 0. The summed E-state index contributed by atoms with van der Waals surface area (Å²) in [6.45, 7) is 8.72. The number of rotatable bonds is 3. The summed E-state index contributed by atoms with van der Waals surface area (Å²) in [6, 6.07) is 5.82. The first kappa shape index (κ1) is 17.8. The van der Waals surface area contributed by atoms with Crippen molar-refractivity contribution < 1.29 is 9.59 Å². The zero-order valence-electron chi connectivity index (χ0n) is 16.1. The molecule has 2 aromatic rings. The Bertz CT molecular complexity index is 872. The van der Waals surface area contributed by atoms with E-state index in [-0.39, 0.29) is 23.1 Å². The quantitative estimate of drug-likeness (QED) is 0.890. The molecule has 1 aliphatic heterocycles. The van der Waals surface area contributed by atoms with E-state index in [1.165, 1.54) is 0 Å². The second-order valence-electron chi connectivity index (χ2n) is 8.38. The van der Waals surface area contributed by atoms with E-state index in [1.54, 1.807) is 4.52 Å². The molecule has 0 bridgehead atoms. The second kappa shape index (κ2) is 6.51. The molecule has 8 heteroatoms. The maximum Gasteiger partial charge on any atom is 0.249 e. The number of anilines is 2. The van der Waals surface area contributed by atoms with Crippen LogP contribution in [0.15, 0.2) is 18.2 Å². The van der Waals surface area contributed by atoms with Gasteiger partial charge in [-0.05, 0) is 25.0 Å². The smallest absolute Gasteiger partial charge is 0.249 e. The minimum absolute atomic E-state index is 0.00163. The standard InChI is InChI=1S/C19H26N6O2/c1-19(2,3)17(27)24-11-9-23(10-12-24)15-6-4-5-14-20-18(22-25(14)15)21-16(26)13-7-8-13/h4-6,13H,7-12H2,1-3H3,(H,21,22,26). The Morgan fingerprint density at radius 2 is 1.81 bits per heavy atom. The van der Waals surface area contributed by atoms with Crippen LogP contribution in [0.5, 0.6) is 0 Å². The lowest BCUT2D eigenvalue weighted by atomic mass is 9.94. The fourth-order valence-corrected chi connectivity index (χ4v) is 3.35. The molecule has 0 atom stereocenters. The van der Waals surface area contributed by atoms with Crippen molar-refractivity contribution in [3.05, 3.63) is 18.2 Å². The molecule has 1 aliphatic carbocycles. The molecular weight excluding hydrogens is 344 g/mol. The number of carbonyl (C=O) groups excluding carboxylic acids is 2. The maximum absolute atomic E-state index is 12.5. The molecule has 3 heterocycles. The minimum atomic E-state index is -0.358. The molecule has 4 rings (SSSR count). The Balaban J connectivity index is 1.50. The SMILES string of the molecule is CC(C)(C)C(=O)N1CCN(c2cccc3nc(NC(=O)C4CC4)nn23)CC1. The van der Waals surface area contributed by atoms with Crippen molar-refractivity contribution in [3.63, 3.8) is 0 Å². The molecular formula is C19H26N6O2. The fraction of sp³-hybridized carbons (Fsp3) is 0.579. The van der Waals surface area contributed by atoms with Crippen LogP contribution in [0.3, 0.4) is 0 Å². The van der Waals surface area contributed by atoms with Gasteiger partial charge in [-0.2, -0.15) is 9.50 Å². The van der Waals surface area contributed by atoms with Gasteiger partial charge in [0.15, 0.2) is 5.65 Å². The van der Waals surface area contributed by atoms with E-state index >= 15 is 0 Å². The lowest BCUT2D eigenvalue weighted by molar-refractivity contribution is -0.139. The minimum Gasteiger partial charge on any atom is -0.353 e. The molecule has 27 heavy (non-hydrogen) atoms. The maximum atomic E-state index is 12.5. The highest BCUT2D eigenvalue weighted by Gasteiger charge is 2.31. The molecule has 1 saturated carbocycles. The van der Waals surface area contributed by atoms with Gasteiger partial charge in [0.05, 0.1) is 0 Å². The monoisotopic (exact) mass is 370 g/mol. The zero-order valence-corrected chi connectivity index (χ0v) is 16.1. The van der Waals surface area contributed by atoms with E-state index in [0.717, 1.165) is 31.7 Å². The summed E-state index contributed by atoms with van der Waals surface area (Å²) in [5.74, 6) is 1.58. The summed E-state index contributed by atoms with van der Waals surface area (Å²) in [7, 11) is 0. The molecule has 8 nitrogen and oxygen atoms in total. The number of aromatic nitrogens is 3. The van der Waals surface area contributed by atoms with Gasteiger partial charge in [0, 0.05) is 37.5 Å². The van der Waals surface area contributed by atoms with E-state index in [2.05, 4.69) is 20.3 Å². The molecule has 2 fully saturated rings. The number of carbonyl (C=O) groups is 2. The van der Waals surface area contributed by atoms with Crippen LogP contribution >= 0.6 is 0 Å². The van der Waals surface area contributed by atoms with E-state index in [4.69, 9.17) is 0 Å². The predicted octanol–water partition coefficient (Wildman–Crippen LogP) is 1.77. The van der Waals surface area contributed by atoms with Gasteiger partial charge in [0.1, 0.15) is 5.82 Å².